The molecule has 2 rings (SSSR count). The Morgan fingerprint density at radius 1 is 1.53 bits per heavy atom. The van der Waals surface area contributed by atoms with Crippen LogP contribution >= 0.6 is 0 Å². The Morgan fingerprint density at radius 2 is 2.33 bits per heavy atom. The monoisotopic (exact) mass is 208 g/mol. The lowest BCUT2D eigenvalue weighted by Crippen LogP contribution is -2.24. The summed E-state index contributed by atoms with van der Waals surface area (Å²) in [7, 11) is 0. The quantitative estimate of drug-likeness (QED) is 0.796. The highest BCUT2D eigenvalue weighted by atomic mass is 16.5. The molecule has 0 radical (unpaired) electrons. The van der Waals surface area contributed by atoms with Crippen molar-refractivity contribution in [3.8, 4) is 5.88 Å². The average Bonchev–Trinajstić information content (AvgIpc) is 2.66. The lowest BCUT2D eigenvalue weighted by molar-refractivity contribution is -0.144. The van der Waals surface area contributed by atoms with E-state index < -0.39 is 12.1 Å². The van der Waals surface area contributed by atoms with Gasteiger partial charge in [-0.2, -0.15) is 0 Å². The van der Waals surface area contributed by atoms with Gasteiger partial charge in [0.15, 0.2) is 6.10 Å². The summed E-state index contributed by atoms with van der Waals surface area (Å²) < 4.78 is 5.27. The lowest BCUT2D eigenvalue weighted by Gasteiger charge is -2.11. The summed E-state index contributed by atoms with van der Waals surface area (Å²) in [5, 5.41) is 8.72. The minimum absolute atomic E-state index is 0.424. The highest BCUT2D eigenvalue weighted by Gasteiger charge is 2.21. The van der Waals surface area contributed by atoms with E-state index in [4.69, 9.17) is 9.84 Å². The number of carbonyl (C=O) groups is 1. The van der Waals surface area contributed by atoms with Crippen molar-refractivity contribution in [2.75, 3.05) is 0 Å². The first-order chi connectivity index (χ1) is 7.18. The van der Waals surface area contributed by atoms with Crippen molar-refractivity contribution in [3.63, 3.8) is 0 Å². The smallest absolute Gasteiger partial charge is 0.344 e. The number of fused-ring (bicyclic) bond motifs is 1. The lowest BCUT2D eigenvalue weighted by atomic mass is 10.2. The van der Waals surface area contributed by atoms with Crippen LogP contribution in [0.2, 0.25) is 0 Å². The van der Waals surface area contributed by atoms with Gasteiger partial charge < -0.3 is 9.84 Å². The molecule has 0 amide bonds. The van der Waals surface area contributed by atoms with Gasteiger partial charge in [0, 0.05) is 5.56 Å². The van der Waals surface area contributed by atoms with Crippen LogP contribution in [0.15, 0.2) is 6.33 Å². The summed E-state index contributed by atoms with van der Waals surface area (Å²) >= 11 is 0. The van der Waals surface area contributed by atoms with E-state index in [2.05, 4.69) is 9.97 Å². The summed E-state index contributed by atoms with van der Waals surface area (Å²) in [6.45, 7) is 1.49. The molecule has 0 saturated heterocycles. The molecule has 5 nitrogen and oxygen atoms in total. The van der Waals surface area contributed by atoms with Gasteiger partial charge in [0.2, 0.25) is 5.88 Å². The van der Waals surface area contributed by atoms with Crippen LogP contribution in [0.5, 0.6) is 5.88 Å². The van der Waals surface area contributed by atoms with E-state index in [1.54, 1.807) is 0 Å². The van der Waals surface area contributed by atoms with Crippen molar-refractivity contribution in [2.24, 2.45) is 0 Å². The van der Waals surface area contributed by atoms with E-state index in [0.717, 1.165) is 30.5 Å². The fourth-order valence-electron chi connectivity index (χ4n) is 1.65. The van der Waals surface area contributed by atoms with Gasteiger partial charge in [-0.1, -0.05) is 0 Å². The van der Waals surface area contributed by atoms with Crippen LogP contribution in [0, 0.1) is 0 Å². The van der Waals surface area contributed by atoms with Crippen molar-refractivity contribution >= 4 is 5.97 Å². The van der Waals surface area contributed by atoms with Gasteiger partial charge in [0.05, 0.1) is 5.69 Å². The summed E-state index contributed by atoms with van der Waals surface area (Å²) in [5.74, 6) is -0.562. The van der Waals surface area contributed by atoms with Gasteiger partial charge >= 0.3 is 5.97 Å². The molecule has 0 saturated carbocycles. The average molecular weight is 208 g/mol. The molecule has 1 N–H and O–H groups in total. The van der Waals surface area contributed by atoms with Crippen LogP contribution in [0.4, 0.5) is 0 Å². The van der Waals surface area contributed by atoms with Crippen LogP contribution in [-0.4, -0.2) is 27.1 Å². The van der Waals surface area contributed by atoms with Crippen molar-refractivity contribution in [2.45, 2.75) is 32.3 Å². The topological polar surface area (TPSA) is 72.3 Å². The first-order valence-electron chi connectivity index (χ1n) is 4.90. The van der Waals surface area contributed by atoms with Gasteiger partial charge in [-0.05, 0) is 26.2 Å². The molecule has 1 heterocycles. The Kier molecular flexibility index (Phi) is 2.53. The van der Waals surface area contributed by atoms with Crippen LogP contribution in [0.3, 0.4) is 0 Å². The molecule has 1 unspecified atom stereocenters. The number of nitrogens with zero attached hydrogens (tertiary/aromatic N) is 2. The van der Waals surface area contributed by atoms with E-state index >= 15 is 0 Å². The van der Waals surface area contributed by atoms with E-state index in [0.29, 0.717) is 5.88 Å². The van der Waals surface area contributed by atoms with E-state index in [1.807, 2.05) is 0 Å². The number of carboxylic acid groups (broad SMARTS) is 1. The second-order valence-corrected chi connectivity index (χ2v) is 3.56. The maximum Gasteiger partial charge on any atom is 0.344 e. The number of aryl methyl sites for hydroxylation is 1. The number of carboxylic acids is 1. The number of aromatic nitrogens is 2. The Morgan fingerprint density at radius 3 is 3.07 bits per heavy atom. The van der Waals surface area contributed by atoms with Gasteiger partial charge in [-0.3, -0.25) is 0 Å². The number of aliphatic carboxylic acids is 1. The fourth-order valence-corrected chi connectivity index (χ4v) is 1.65. The van der Waals surface area contributed by atoms with Crippen molar-refractivity contribution in [3.05, 3.63) is 17.6 Å². The van der Waals surface area contributed by atoms with Gasteiger partial charge in [0.25, 0.3) is 0 Å². The number of hydrogen-bond acceptors (Lipinski definition) is 4. The van der Waals surface area contributed by atoms with Crippen LogP contribution in [-0.2, 0) is 17.6 Å². The normalized spacial score (nSPS) is 15.8. The third kappa shape index (κ3) is 1.91. The maximum atomic E-state index is 10.6. The second kappa shape index (κ2) is 3.84. The van der Waals surface area contributed by atoms with E-state index in [1.165, 1.54) is 13.3 Å². The van der Waals surface area contributed by atoms with Crippen molar-refractivity contribution in [1.82, 2.24) is 9.97 Å². The molecule has 0 fully saturated rings. The van der Waals surface area contributed by atoms with Gasteiger partial charge in [0.1, 0.15) is 6.33 Å². The molecule has 5 heteroatoms. The number of hydrogen-bond donors (Lipinski definition) is 1. The molecule has 1 atom stereocenters. The van der Waals surface area contributed by atoms with Crippen LogP contribution in [0.1, 0.15) is 24.6 Å². The molecule has 0 spiro atoms. The predicted molar refractivity (Wildman–Crippen MR) is 51.8 cm³/mol. The first kappa shape index (κ1) is 9.89. The molecular weight excluding hydrogens is 196 g/mol. The third-order valence-electron chi connectivity index (χ3n) is 2.47. The summed E-state index contributed by atoms with van der Waals surface area (Å²) in [6, 6.07) is 0. The Hall–Kier alpha value is -1.65. The van der Waals surface area contributed by atoms with Crippen molar-refractivity contribution in [1.29, 1.82) is 0 Å². The molecule has 1 aliphatic carbocycles. The molecule has 0 aliphatic heterocycles. The van der Waals surface area contributed by atoms with Gasteiger partial charge in [-0.25, -0.2) is 14.8 Å². The fraction of sp³-hybridized carbons (Fsp3) is 0.500. The SMILES string of the molecule is CC(Oc1ncnc2c1CCC2)C(=O)O. The molecule has 1 aromatic rings. The summed E-state index contributed by atoms with van der Waals surface area (Å²) in [5.41, 5.74) is 1.95. The predicted octanol–water partition coefficient (Wildman–Crippen LogP) is 0.817. The molecule has 80 valence electrons. The van der Waals surface area contributed by atoms with E-state index in [-0.39, 0.29) is 0 Å². The minimum atomic E-state index is -0.986. The molecule has 15 heavy (non-hydrogen) atoms. The highest BCUT2D eigenvalue weighted by molar-refractivity contribution is 5.72. The zero-order valence-electron chi connectivity index (χ0n) is 8.43. The zero-order chi connectivity index (χ0) is 10.8. The number of ether oxygens (including phenoxy) is 1. The summed E-state index contributed by atoms with van der Waals surface area (Å²) in [4.78, 5) is 18.7. The summed E-state index contributed by atoms with van der Waals surface area (Å²) in [6.07, 6.45) is 3.39. The Balaban J connectivity index is 2.22. The first-order valence-corrected chi connectivity index (χ1v) is 4.90. The molecule has 1 aliphatic rings. The largest absolute Gasteiger partial charge is 0.479 e. The van der Waals surface area contributed by atoms with Crippen LogP contribution < -0.4 is 4.74 Å². The van der Waals surface area contributed by atoms with Crippen molar-refractivity contribution < 1.29 is 14.6 Å². The molecular formula is C10H12N2O3. The zero-order valence-corrected chi connectivity index (χ0v) is 8.43. The maximum absolute atomic E-state index is 10.6. The minimum Gasteiger partial charge on any atom is -0.479 e. The van der Waals surface area contributed by atoms with E-state index in [9.17, 15) is 4.79 Å². The highest BCUT2D eigenvalue weighted by Crippen LogP contribution is 2.27. The molecule has 0 bridgehead atoms. The Bertz CT molecular complexity index is 392. The second-order valence-electron chi connectivity index (χ2n) is 3.56. The number of rotatable bonds is 3. The van der Waals surface area contributed by atoms with Crippen LogP contribution in [0.25, 0.3) is 0 Å². The Labute approximate surface area is 87.1 Å². The molecule has 1 aromatic heterocycles. The third-order valence-corrected chi connectivity index (χ3v) is 2.47. The standard InChI is InChI=1S/C10H12N2O3/c1-6(10(13)14)15-9-7-3-2-4-8(7)11-5-12-9/h5-6H,2-4H2,1H3,(H,13,14). The van der Waals surface area contributed by atoms with Gasteiger partial charge in [-0.15, -0.1) is 0 Å². The molecule has 0 aromatic carbocycles.